The van der Waals surface area contributed by atoms with Gasteiger partial charge in [0.25, 0.3) is 0 Å². The standard InChI is InChI=1S/C10H9BrN2O3S/c1-17(15,16)5-9(14)8-4-13-10-7(8)2-6(11)3-12-10/h2-4H,5H2,1H3,(H,12,13). The number of hydrogen-bond acceptors (Lipinski definition) is 4. The minimum absolute atomic E-state index is 0.347. The molecule has 2 rings (SSSR count). The Morgan fingerprint density at radius 3 is 2.88 bits per heavy atom. The van der Waals surface area contributed by atoms with E-state index in [-0.39, 0.29) is 0 Å². The van der Waals surface area contributed by atoms with Crippen molar-refractivity contribution < 1.29 is 13.2 Å². The predicted octanol–water partition coefficient (Wildman–Crippen LogP) is 1.55. The average Bonchev–Trinajstić information content (AvgIpc) is 2.57. The molecule has 90 valence electrons. The maximum absolute atomic E-state index is 11.8. The third-order valence-electron chi connectivity index (χ3n) is 2.19. The molecule has 2 aromatic heterocycles. The van der Waals surface area contributed by atoms with Crippen LogP contribution in [0.3, 0.4) is 0 Å². The molecule has 0 aliphatic carbocycles. The Labute approximate surface area is 106 Å². The number of rotatable bonds is 3. The van der Waals surface area contributed by atoms with Gasteiger partial charge in [-0.2, -0.15) is 0 Å². The fraction of sp³-hybridized carbons (Fsp3) is 0.200. The van der Waals surface area contributed by atoms with Gasteiger partial charge in [0.1, 0.15) is 11.4 Å². The summed E-state index contributed by atoms with van der Waals surface area (Å²) in [5.74, 6) is -0.925. The highest BCUT2D eigenvalue weighted by atomic mass is 79.9. The van der Waals surface area contributed by atoms with Crippen molar-refractivity contribution in [1.82, 2.24) is 9.97 Å². The second-order valence-corrected chi connectivity index (χ2v) is 6.80. The minimum atomic E-state index is -3.32. The van der Waals surface area contributed by atoms with Crippen LogP contribution in [0, 0.1) is 0 Å². The van der Waals surface area contributed by atoms with E-state index in [0.717, 1.165) is 10.7 Å². The van der Waals surface area contributed by atoms with Crippen molar-refractivity contribution in [1.29, 1.82) is 0 Å². The van der Waals surface area contributed by atoms with Gasteiger partial charge in [0.2, 0.25) is 0 Å². The van der Waals surface area contributed by atoms with Crippen LogP contribution in [-0.4, -0.2) is 36.2 Å². The number of pyridine rings is 1. The third-order valence-corrected chi connectivity index (χ3v) is 3.41. The summed E-state index contributed by atoms with van der Waals surface area (Å²) in [5, 5.41) is 0.619. The molecule has 7 heteroatoms. The van der Waals surface area contributed by atoms with E-state index in [1.807, 2.05) is 0 Å². The molecule has 0 saturated carbocycles. The molecule has 0 atom stereocenters. The lowest BCUT2D eigenvalue weighted by molar-refractivity contribution is 0.102. The smallest absolute Gasteiger partial charge is 0.180 e. The number of nitrogens with zero attached hydrogens (tertiary/aromatic N) is 1. The molecule has 2 aromatic rings. The van der Waals surface area contributed by atoms with Gasteiger partial charge in [0, 0.05) is 34.1 Å². The number of sulfone groups is 1. The molecule has 0 radical (unpaired) electrons. The van der Waals surface area contributed by atoms with Crippen molar-refractivity contribution >= 4 is 42.6 Å². The number of hydrogen-bond donors (Lipinski definition) is 1. The van der Waals surface area contributed by atoms with Gasteiger partial charge < -0.3 is 4.98 Å². The highest BCUT2D eigenvalue weighted by Crippen LogP contribution is 2.21. The average molecular weight is 317 g/mol. The summed E-state index contributed by atoms with van der Waals surface area (Å²) in [7, 11) is -3.32. The fourth-order valence-corrected chi connectivity index (χ4v) is 2.49. The number of halogens is 1. The predicted molar refractivity (Wildman–Crippen MR) is 67.8 cm³/mol. The van der Waals surface area contributed by atoms with Gasteiger partial charge in [-0.25, -0.2) is 13.4 Å². The van der Waals surface area contributed by atoms with Crippen LogP contribution in [-0.2, 0) is 9.84 Å². The molecule has 0 unspecified atom stereocenters. The molecule has 0 aromatic carbocycles. The van der Waals surface area contributed by atoms with Crippen LogP contribution in [0.15, 0.2) is 22.9 Å². The van der Waals surface area contributed by atoms with Crippen LogP contribution in [0.1, 0.15) is 10.4 Å². The van der Waals surface area contributed by atoms with Gasteiger partial charge in [-0.1, -0.05) is 0 Å². The molecule has 0 amide bonds. The molecule has 0 aliphatic heterocycles. The summed E-state index contributed by atoms with van der Waals surface area (Å²) in [6.45, 7) is 0. The number of H-pyrrole nitrogens is 1. The number of aromatic nitrogens is 2. The number of Topliss-reactive ketones (excluding diaryl/α,β-unsaturated/α-hetero) is 1. The Morgan fingerprint density at radius 2 is 2.24 bits per heavy atom. The molecular weight excluding hydrogens is 308 g/mol. The van der Waals surface area contributed by atoms with Crippen molar-refractivity contribution in [3.05, 3.63) is 28.5 Å². The van der Waals surface area contributed by atoms with Gasteiger partial charge in [0.15, 0.2) is 15.6 Å². The second-order valence-electron chi connectivity index (χ2n) is 3.75. The summed E-state index contributed by atoms with van der Waals surface area (Å²) < 4.78 is 22.9. The zero-order valence-corrected chi connectivity index (χ0v) is 11.3. The van der Waals surface area contributed by atoms with Crippen molar-refractivity contribution in [3.63, 3.8) is 0 Å². The Balaban J connectivity index is 2.49. The Kier molecular flexibility index (Phi) is 3.05. The van der Waals surface area contributed by atoms with Crippen LogP contribution >= 0.6 is 15.9 Å². The summed E-state index contributed by atoms with van der Waals surface area (Å²) >= 11 is 3.26. The van der Waals surface area contributed by atoms with Crippen molar-refractivity contribution in [2.24, 2.45) is 0 Å². The van der Waals surface area contributed by atoms with Crippen LogP contribution in [0.25, 0.3) is 11.0 Å². The molecule has 5 nitrogen and oxygen atoms in total. The first-order chi connectivity index (χ1) is 7.87. The summed E-state index contributed by atoms with van der Waals surface area (Å²) in [5.41, 5.74) is 0.907. The van der Waals surface area contributed by atoms with Gasteiger partial charge in [-0.05, 0) is 22.0 Å². The van der Waals surface area contributed by atoms with E-state index in [2.05, 4.69) is 25.9 Å². The van der Waals surface area contributed by atoms with E-state index < -0.39 is 21.4 Å². The molecule has 0 bridgehead atoms. The lowest BCUT2D eigenvalue weighted by Gasteiger charge is -1.98. The van der Waals surface area contributed by atoms with Crippen LogP contribution in [0.5, 0.6) is 0 Å². The normalized spacial score (nSPS) is 11.9. The maximum Gasteiger partial charge on any atom is 0.180 e. The summed E-state index contributed by atoms with van der Waals surface area (Å²) in [6.07, 6.45) is 4.12. The first kappa shape index (κ1) is 12.3. The van der Waals surface area contributed by atoms with Crippen LogP contribution in [0.4, 0.5) is 0 Å². The fourth-order valence-electron chi connectivity index (χ4n) is 1.52. The molecule has 0 fully saturated rings. The molecule has 0 saturated heterocycles. The third kappa shape index (κ3) is 2.73. The SMILES string of the molecule is CS(=O)(=O)CC(=O)c1c[nH]c2ncc(Br)cc12. The zero-order chi connectivity index (χ0) is 12.6. The quantitative estimate of drug-likeness (QED) is 0.871. The van der Waals surface area contributed by atoms with Crippen molar-refractivity contribution in [3.8, 4) is 0 Å². The molecule has 0 spiro atoms. The van der Waals surface area contributed by atoms with Crippen LogP contribution in [0.2, 0.25) is 0 Å². The zero-order valence-electron chi connectivity index (χ0n) is 8.90. The topological polar surface area (TPSA) is 79.9 Å². The van der Waals surface area contributed by atoms with E-state index in [9.17, 15) is 13.2 Å². The van der Waals surface area contributed by atoms with Gasteiger partial charge in [-0.15, -0.1) is 0 Å². The second kappa shape index (κ2) is 4.23. The van der Waals surface area contributed by atoms with E-state index in [1.165, 1.54) is 6.20 Å². The summed E-state index contributed by atoms with van der Waals surface area (Å²) in [4.78, 5) is 18.7. The Hall–Kier alpha value is -1.21. The van der Waals surface area contributed by atoms with Crippen LogP contribution < -0.4 is 0 Å². The largest absolute Gasteiger partial charge is 0.345 e. The van der Waals surface area contributed by atoms with E-state index in [0.29, 0.717) is 16.6 Å². The molecular formula is C10H9BrN2O3S. The number of carbonyl (C=O) groups is 1. The van der Waals surface area contributed by atoms with E-state index in [4.69, 9.17) is 0 Å². The first-order valence-corrected chi connectivity index (χ1v) is 7.56. The van der Waals surface area contributed by atoms with E-state index in [1.54, 1.807) is 12.3 Å². The van der Waals surface area contributed by atoms with Gasteiger partial charge >= 0.3 is 0 Å². The maximum atomic E-state index is 11.8. The lowest BCUT2D eigenvalue weighted by Crippen LogP contribution is -2.14. The van der Waals surface area contributed by atoms with Gasteiger partial charge in [-0.3, -0.25) is 4.79 Å². The van der Waals surface area contributed by atoms with Crippen molar-refractivity contribution in [2.75, 3.05) is 12.0 Å². The summed E-state index contributed by atoms with van der Waals surface area (Å²) in [6, 6.07) is 1.73. The van der Waals surface area contributed by atoms with E-state index >= 15 is 0 Å². The molecule has 2 heterocycles. The first-order valence-electron chi connectivity index (χ1n) is 4.70. The molecule has 17 heavy (non-hydrogen) atoms. The number of ketones is 1. The number of nitrogens with one attached hydrogen (secondary N) is 1. The molecule has 0 aliphatic rings. The van der Waals surface area contributed by atoms with Gasteiger partial charge in [0.05, 0.1) is 0 Å². The lowest BCUT2D eigenvalue weighted by atomic mass is 10.1. The monoisotopic (exact) mass is 316 g/mol. The number of aromatic amines is 1. The molecule has 1 N–H and O–H groups in total. The Bertz CT molecular complexity index is 691. The highest BCUT2D eigenvalue weighted by Gasteiger charge is 2.17. The Morgan fingerprint density at radius 1 is 1.53 bits per heavy atom. The number of fused-ring (bicyclic) bond motifs is 1. The highest BCUT2D eigenvalue weighted by molar-refractivity contribution is 9.10. The van der Waals surface area contributed by atoms with Crippen molar-refractivity contribution in [2.45, 2.75) is 0 Å². The minimum Gasteiger partial charge on any atom is -0.345 e. The number of carbonyl (C=O) groups excluding carboxylic acids is 1.